The number of rotatable bonds is 18. The van der Waals surface area contributed by atoms with Gasteiger partial charge in [0.25, 0.3) is 0 Å². The van der Waals surface area contributed by atoms with Gasteiger partial charge < -0.3 is 19.3 Å². The summed E-state index contributed by atoms with van der Waals surface area (Å²) in [5.41, 5.74) is 0. The molecular formula is C18H38O4. The number of hydrogen-bond donors (Lipinski definition) is 1. The van der Waals surface area contributed by atoms with Gasteiger partial charge in [-0.1, -0.05) is 58.8 Å². The van der Waals surface area contributed by atoms with Crippen LogP contribution in [0.4, 0.5) is 0 Å². The van der Waals surface area contributed by atoms with Crippen molar-refractivity contribution in [1.29, 1.82) is 0 Å². The zero-order chi connectivity index (χ0) is 16.3. The molecule has 0 amide bonds. The van der Waals surface area contributed by atoms with Crippen LogP contribution in [0.2, 0.25) is 0 Å². The zero-order valence-electron chi connectivity index (χ0n) is 14.9. The van der Waals surface area contributed by atoms with Crippen molar-refractivity contribution in [3.63, 3.8) is 0 Å². The maximum atomic E-state index is 8.53. The van der Waals surface area contributed by atoms with Gasteiger partial charge in [0.15, 0.2) is 0 Å². The molecule has 22 heavy (non-hydrogen) atoms. The van der Waals surface area contributed by atoms with E-state index in [-0.39, 0.29) is 6.61 Å². The summed E-state index contributed by atoms with van der Waals surface area (Å²) < 4.78 is 16.1. The first-order valence-corrected chi connectivity index (χ1v) is 9.15. The van der Waals surface area contributed by atoms with Crippen molar-refractivity contribution < 1.29 is 19.3 Å². The highest BCUT2D eigenvalue weighted by molar-refractivity contribution is 4.53. The Morgan fingerprint density at radius 1 is 0.727 bits per heavy atom. The normalized spacial score (nSPS) is 12.7. The van der Waals surface area contributed by atoms with E-state index in [1.54, 1.807) is 0 Å². The first-order valence-electron chi connectivity index (χ1n) is 9.15. The highest BCUT2D eigenvalue weighted by Gasteiger charge is 2.02. The molecule has 0 heterocycles. The van der Waals surface area contributed by atoms with E-state index in [4.69, 9.17) is 19.3 Å². The van der Waals surface area contributed by atoms with Crippen molar-refractivity contribution >= 4 is 0 Å². The van der Waals surface area contributed by atoms with E-state index in [1.807, 2.05) is 0 Å². The Labute approximate surface area is 137 Å². The first-order chi connectivity index (χ1) is 10.8. The Morgan fingerprint density at radius 3 is 1.91 bits per heavy atom. The average Bonchev–Trinajstić information content (AvgIpc) is 2.52. The average molecular weight is 318 g/mol. The van der Waals surface area contributed by atoms with Gasteiger partial charge in [0.1, 0.15) is 0 Å². The summed E-state index contributed by atoms with van der Waals surface area (Å²) in [6.45, 7) is 8.19. The molecule has 0 spiro atoms. The molecule has 0 aliphatic carbocycles. The van der Waals surface area contributed by atoms with E-state index < -0.39 is 0 Å². The molecule has 0 aliphatic rings. The third kappa shape index (κ3) is 17.9. The number of aliphatic hydroxyl groups excluding tert-OH is 1. The Morgan fingerprint density at radius 2 is 1.27 bits per heavy atom. The number of aliphatic hydroxyl groups is 1. The van der Waals surface area contributed by atoms with Crippen LogP contribution in [0.5, 0.6) is 0 Å². The lowest BCUT2D eigenvalue weighted by atomic mass is 10.0. The summed E-state index contributed by atoms with van der Waals surface area (Å²) in [5.74, 6) is 0.642. The minimum absolute atomic E-state index is 0.0692. The summed E-state index contributed by atoms with van der Waals surface area (Å²) in [6.07, 6.45) is 10.9. The van der Waals surface area contributed by atoms with E-state index >= 15 is 0 Å². The van der Waals surface area contributed by atoms with Gasteiger partial charge in [-0.05, 0) is 12.3 Å². The van der Waals surface area contributed by atoms with E-state index in [0.29, 0.717) is 39.0 Å². The Kier molecular flexibility index (Phi) is 18.8. The van der Waals surface area contributed by atoms with Gasteiger partial charge in [0.2, 0.25) is 0 Å². The van der Waals surface area contributed by atoms with Crippen LogP contribution in [-0.2, 0) is 14.2 Å². The van der Waals surface area contributed by atoms with Crippen LogP contribution in [0.25, 0.3) is 0 Å². The topological polar surface area (TPSA) is 47.9 Å². The molecule has 0 aromatic carbocycles. The van der Waals surface area contributed by atoms with Gasteiger partial charge in [-0.2, -0.15) is 0 Å². The first kappa shape index (κ1) is 21.8. The van der Waals surface area contributed by atoms with Gasteiger partial charge in [0, 0.05) is 6.61 Å². The van der Waals surface area contributed by atoms with Crippen LogP contribution < -0.4 is 0 Å². The Balaban J connectivity index is 3.11. The maximum Gasteiger partial charge on any atom is 0.0701 e. The van der Waals surface area contributed by atoms with Crippen molar-refractivity contribution in [3.05, 3.63) is 0 Å². The quantitative estimate of drug-likeness (QED) is 0.390. The fourth-order valence-electron chi connectivity index (χ4n) is 2.32. The second-order valence-electron chi connectivity index (χ2n) is 6.04. The lowest BCUT2D eigenvalue weighted by Gasteiger charge is -2.12. The van der Waals surface area contributed by atoms with E-state index in [2.05, 4.69) is 13.8 Å². The fourth-order valence-corrected chi connectivity index (χ4v) is 2.32. The summed E-state index contributed by atoms with van der Waals surface area (Å²) in [4.78, 5) is 0. The molecule has 0 saturated heterocycles. The minimum atomic E-state index is 0.0692. The second-order valence-corrected chi connectivity index (χ2v) is 6.04. The van der Waals surface area contributed by atoms with Crippen LogP contribution in [0.3, 0.4) is 0 Å². The number of hydrogen-bond acceptors (Lipinski definition) is 4. The minimum Gasteiger partial charge on any atom is -0.394 e. The monoisotopic (exact) mass is 318 g/mol. The number of unbranched alkanes of at least 4 members (excludes halogenated alkanes) is 6. The summed E-state index contributed by atoms with van der Waals surface area (Å²) in [6, 6.07) is 0. The van der Waals surface area contributed by atoms with Crippen molar-refractivity contribution in [1.82, 2.24) is 0 Å². The standard InChI is InChI=1S/C18H38O4/c1-3-4-5-6-7-8-9-10-18(2)17-22-16-15-21-14-13-20-12-11-19/h18-19H,3-17H2,1-2H3. The third-order valence-corrected chi connectivity index (χ3v) is 3.68. The highest BCUT2D eigenvalue weighted by atomic mass is 16.5. The molecule has 1 N–H and O–H groups in total. The van der Waals surface area contributed by atoms with Crippen LogP contribution in [0.1, 0.15) is 65.2 Å². The molecule has 0 saturated carbocycles. The SMILES string of the molecule is CCCCCCCCCC(C)COCCOCCOCCO. The molecule has 0 radical (unpaired) electrons. The molecule has 0 aromatic rings. The van der Waals surface area contributed by atoms with E-state index in [1.165, 1.54) is 51.4 Å². The third-order valence-electron chi connectivity index (χ3n) is 3.68. The lowest BCUT2D eigenvalue weighted by molar-refractivity contribution is 0.00227. The van der Waals surface area contributed by atoms with Crippen molar-refractivity contribution in [2.45, 2.75) is 65.2 Å². The fraction of sp³-hybridized carbons (Fsp3) is 1.00. The van der Waals surface area contributed by atoms with Crippen LogP contribution in [0.15, 0.2) is 0 Å². The van der Waals surface area contributed by atoms with Gasteiger partial charge >= 0.3 is 0 Å². The molecule has 1 atom stereocenters. The molecule has 1 unspecified atom stereocenters. The van der Waals surface area contributed by atoms with Gasteiger partial charge in [-0.25, -0.2) is 0 Å². The second kappa shape index (κ2) is 18.9. The molecule has 0 bridgehead atoms. The lowest BCUT2D eigenvalue weighted by Crippen LogP contribution is -2.13. The maximum absolute atomic E-state index is 8.53. The van der Waals surface area contributed by atoms with Crippen molar-refractivity contribution in [3.8, 4) is 0 Å². The molecule has 134 valence electrons. The predicted molar refractivity (Wildman–Crippen MR) is 91.3 cm³/mol. The molecule has 0 aromatic heterocycles. The molecule has 4 heteroatoms. The Bertz CT molecular complexity index is 200. The van der Waals surface area contributed by atoms with Crippen LogP contribution >= 0.6 is 0 Å². The molecular weight excluding hydrogens is 280 g/mol. The van der Waals surface area contributed by atoms with Gasteiger partial charge in [0.05, 0.1) is 39.6 Å². The largest absolute Gasteiger partial charge is 0.394 e. The van der Waals surface area contributed by atoms with E-state index in [0.717, 1.165) is 6.61 Å². The Hall–Kier alpha value is -0.160. The smallest absolute Gasteiger partial charge is 0.0701 e. The highest BCUT2D eigenvalue weighted by Crippen LogP contribution is 2.12. The van der Waals surface area contributed by atoms with Gasteiger partial charge in [-0.15, -0.1) is 0 Å². The van der Waals surface area contributed by atoms with Crippen molar-refractivity contribution in [2.24, 2.45) is 5.92 Å². The molecule has 0 fully saturated rings. The summed E-state index contributed by atoms with van der Waals surface area (Å²) in [7, 11) is 0. The summed E-state index contributed by atoms with van der Waals surface area (Å²) in [5, 5.41) is 8.53. The van der Waals surface area contributed by atoms with Crippen LogP contribution in [-0.4, -0.2) is 51.4 Å². The zero-order valence-corrected chi connectivity index (χ0v) is 14.9. The predicted octanol–water partition coefficient (Wildman–Crippen LogP) is 3.81. The van der Waals surface area contributed by atoms with Crippen LogP contribution in [0, 0.1) is 5.92 Å². The molecule has 4 nitrogen and oxygen atoms in total. The summed E-state index contributed by atoms with van der Waals surface area (Å²) >= 11 is 0. The van der Waals surface area contributed by atoms with Crippen molar-refractivity contribution in [2.75, 3.05) is 46.2 Å². The van der Waals surface area contributed by atoms with Gasteiger partial charge in [-0.3, -0.25) is 0 Å². The van der Waals surface area contributed by atoms with E-state index in [9.17, 15) is 0 Å². The molecule has 0 rings (SSSR count). The molecule has 0 aliphatic heterocycles. The number of ether oxygens (including phenoxy) is 3.